The molecule has 8 nitrogen and oxygen atoms in total. The van der Waals surface area contributed by atoms with Crippen molar-refractivity contribution in [3.8, 4) is 0 Å². The van der Waals surface area contributed by atoms with Crippen LogP contribution < -0.4 is 16.0 Å². The van der Waals surface area contributed by atoms with Crippen LogP contribution in [0.4, 0.5) is 0 Å². The van der Waals surface area contributed by atoms with Gasteiger partial charge in [-0.25, -0.2) is 0 Å². The third kappa shape index (κ3) is 14.9. The van der Waals surface area contributed by atoms with Crippen LogP contribution >= 0.6 is 0 Å². The van der Waals surface area contributed by atoms with E-state index in [9.17, 15) is 14.4 Å². The van der Waals surface area contributed by atoms with Gasteiger partial charge in [-0.15, -0.1) is 0 Å². The Morgan fingerprint density at radius 1 is 1.00 bits per heavy atom. The summed E-state index contributed by atoms with van der Waals surface area (Å²) in [5, 5.41) is 7.79. The number of amides is 3. The molecule has 0 aromatic rings. The molecule has 1 aliphatic carbocycles. The van der Waals surface area contributed by atoms with Crippen LogP contribution in [0.15, 0.2) is 23.9 Å². The van der Waals surface area contributed by atoms with E-state index in [4.69, 9.17) is 9.47 Å². The van der Waals surface area contributed by atoms with E-state index in [0.717, 1.165) is 44.2 Å². The first kappa shape index (κ1) is 29.8. The van der Waals surface area contributed by atoms with E-state index in [2.05, 4.69) is 22.9 Å². The highest BCUT2D eigenvalue weighted by Crippen LogP contribution is 2.17. The first-order valence-corrected chi connectivity index (χ1v) is 12.7. The molecule has 8 heteroatoms. The maximum absolute atomic E-state index is 11.9. The number of likely N-dealkylation sites (N-methyl/N-ethyl adjacent to an activating group) is 1. The van der Waals surface area contributed by atoms with Gasteiger partial charge in [-0.3, -0.25) is 14.4 Å². The Morgan fingerprint density at radius 2 is 1.68 bits per heavy atom. The monoisotopic (exact) mass is 479 g/mol. The van der Waals surface area contributed by atoms with Gasteiger partial charge in [-0.2, -0.15) is 0 Å². The van der Waals surface area contributed by atoms with Gasteiger partial charge in [-0.1, -0.05) is 70.4 Å². The summed E-state index contributed by atoms with van der Waals surface area (Å²) in [6.07, 6.45) is 18.1. The molecular weight excluding hydrogens is 434 g/mol. The summed E-state index contributed by atoms with van der Waals surface area (Å²) in [5.74, 6) is -0.570. The van der Waals surface area contributed by atoms with Gasteiger partial charge in [0.2, 0.25) is 5.91 Å². The molecule has 34 heavy (non-hydrogen) atoms. The minimum atomic E-state index is -0.587. The zero-order chi connectivity index (χ0) is 25.0. The summed E-state index contributed by atoms with van der Waals surface area (Å²) in [4.78, 5) is 34.3. The summed E-state index contributed by atoms with van der Waals surface area (Å²) in [6.45, 7) is 3.55. The second-order valence-corrected chi connectivity index (χ2v) is 8.98. The average Bonchev–Trinajstić information content (AvgIpc) is 2.84. The van der Waals surface area contributed by atoms with Crippen LogP contribution in [0.5, 0.6) is 0 Å². The molecule has 194 valence electrons. The number of allylic oxidation sites excluding steroid dienone is 1. The van der Waals surface area contributed by atoms with Crippen molar-refractivity contribution in [2.45, 2.75) is 83.7 Å². The maximum Gasteiger partial charge on any atom is 0.309 e. The van der Waals surface area contributed by atoms with Crippen LogP contribution in [0.2, 0.25) is 0 Å². The molecule has 1 aliphatic rings. The molecule has 2 atom stereocenters. The molecule has 0 saturated carbocycles. The largest absolute Gasteiger partial charge is 0.377 e. The highest BCUT2D eigenvalue weighted by molar-refractivity contribution is 6.34. The second kappa shape index (κ2) is 19.2. The summed E-state index contributed by atoms with van der Waals surface area (Å²) in [7, 11) is 3.13. The SMILES string of the molecule is CNC(=O)C(=O)NCCCCC(C)CCCCCCCCOCC(=O)NC1=CCC(OC)C=C1. The fourth-order valence-electron chi connectivity index (χ4n) is 3.79. The Bertz CT molecular complexity index is 663. The molecule has 0 radical (unpaired) electrons. The number of carbonyl (C=O) groups is 3. The Hall–Kier alpha value is -2.19. The fourth-order valence-corrected chi connectivity index (χ4v) is 3.79. The Morgan fingerprint density at radius 3 is 2.32 bits per heavy atom. The number of methoxy groups -OCH3 is 1. The third-order valence-electron chi connectivity index (χ3n) is 5.96. The summed E-state index contributed by atoms with van der Waals surface area (Å²) in [5.41, 5.74) is 0.808. The van der Waals surface area contributed by atoms with Crippen LogP contribution in [-0.2, 0) is 23.9 Å². The lowest BCUT2D eigenvalue weighted by atomic mass is 9.97. The molecule has 0 fully saturated rings. The summed E-state index contributed by atoms with van der Waals surface area (Å²) >= 11 is 0. The van der Waals surface area contributed by atoms with Crippen LogP contribution in [0.3, 0.4) is 0 Å². The summed E-state index contributed by atoms with van der Waals surface area (Å²) < 4.78 is 10.7. The molecule has 3 amide bonds. The van der Waals surface area contributed by atoms with Crippen molar-refractivity contribution in [1.82, 2.24) is 16.0 Å². The van der Waals surface area contributed by atoms with Gasteiger partial charge in [0, 0.05) is 33.0 Å². The quantitative estimate of drug-likeness (QED) is 0.206. The van der Waals surface area contributed by atoms with E-state index >= 15 is 0 Å². The van der Waals surface area contributed by atoms with Gasteiger partial charge >= 0.3 is 11.8 Å². The van der Waals surface area contributed by atoms with E-state index in [1.54, 1.807) is 7.11 Å². The first-order valence-electron chi connectivity index (χ1n) is 12.7. The predicted octanol–water partition coefficient (Wildman–Crippen LogP) is 3.38. The van der Waals surface area contributed by atoms with Crippen LogP contribution in [0, 0.1) is 5.92 Å². The number of unbranched alkanes of at least 4 members (excludes halogenated alkanes) is 6. The lowest BCUT2D eigenvalue weighted by molar-refractivity contribution is -0.138. The molecule has 1 rings (SSSR count). The van der Waals surface area contributed by atoms with Crippen molar-refractivity contribution in [3.05, 3.63) is 23.9 Å². The van der Waals surface area contributed by atoms with Crippen LogP contribution in [-0.4, -0.2) is 57.7 Å². The van der Waals surface area contributed by atoms with Gasteiger partial charge in [0.1, 0.15) is 6.61 Å². The molecule has 3 N–H and O–H groups in total. The van der Waals surface area contributed by atoms with Gasteiger partial charge in [0.15, 0.2) is 0 Å². The standard InChI is InChI=1S/C26H45N3O5/c1-21(13-9-10-18-28-26(32)25(31)27-2)12-8-6-4-5-7-11-19-34-20-24(30)29-22-14-16-23(33-3)17-15-22/h14-16,21,23H,4-13,17-20H2,1-3H3,(H,27,31)(H,28,32)(H,29,30). The molecular formula is C26H45N3O5. The maximum atomic E-state index is 11.9. The van der Waals surface area contributed by atoms with E-state index < -0.39 is 11.8 Å². The number of hydrogen-bond acceptors (Lipinski definition) is 5. The molecule has 0 aromatic carbocycles. The van der Waals surface area contributed by atoms with E-state index in [-0.39, 0.29) is 18.6 Å². The molecule has 0 aromatic heterocycles. The number of hydrogen-bond donors (Lipinski definition) is 3. The molecule has 0 bridgehead atoms. The minimum absolute atomic E-state index is 0.0928. The number of carbonyl (C=O) groups excluding carboxylic acids is 3. The van der Waals surface area contributed by atoms with E-state index in [1.807, 2.05) is 18.2 Å². The van der Waals surface area contributed by atoms with Gasteiger partial charge in [0.25, 0.3) is 0 Å². The highest BCUT2D eigenvalue weighted by Gasteiger charge is 2.10. The average molecular weight is 480 g/mol. The van der Waals surface area contributed by atoms with Crippen LogP contribution in [0.1, 0.15) is 77.6 Å². The Kier molecular flexibility index (Phi) is 16.8. The van der Waals surface area contributed by atoms with Gasteiger partial charge < -0.3 is 25.4 Å². The predicted molar refractivity (Wildman–Crippen MR) is 134 cm³/mol. The molecule has 0 aliphatic heterocycles. The zero-order valence-corrected chi connectivity index (χ0v) is 21.3. The fraction of sp³-hybridized carbons (Fsp3) is 0.731. The molecule has 0 heterocycles. The number of nitrogens with one attached hydrogen (secondary N) is 3. The lowest BCUT2D eigenvalue weighted by Gasteiger charge is -2.15. The molecule has 0 saturated heterocycles. The van der Waals surface area contributed by atoms with Crippen molar-refractivity contribution < 1.29 is 23.9 Å². The zero-order valence-electron chi connectivity index (χ0n) is 21.3. The smallest absolute Gasteiger partial charge is 0.309 e. The first-order chi connectivity index (χ1) is 16.5. The minimum Gasteiger partial charge on any atom is -0.377 e. The highest BCUT2D eigenvalue weighted by atomic mass is 16.5. The number of ether oxygens (including phenoxy) is 2. The lowest BCUT2D eigenvalue weighted by Crippen LogP contribution is -2.38. The van der Waals surface area contributed by atoms with Crippen molar-refractivity contribution in [2.24, 2.45) is 5.92 Å². The molecule has 2 unspecified atom stereocenters. The van der Waals surface area contributed by atoms with Crippen molar-refractivity contribution in [1.29, 1.82) is 0 Å². The Balaban J connectivity index is 1.86. The third-order valence-corrected chi connectivity index (χ3v) is 5.96. The van der Waals surface area contributed by atoms with Crippen molar-refractivity contribution >= 4 is 17.7 Å². The topological polar surface area (TPSA) is 106 Å². The van der Waals surface area contributed by atoms with Gasteiger partial charge in [0.05, 0.1) is 6.10 Å². The van der Waals surface area contributed by atoms with Crippen molar-refractivity contribution in [2.75, 3.05) is 33.9 Å². The second-order valence-electron chi connectivity index (χ2n) is 8.98. The summed E-state index contributed by atoms with van der Waals surface area (Å²) in [6, 6.07) is 0. The molecule has 0 spiro atoms. The van der Waals surface area contributed by atoms with Crippen molar-refractivity contribution in [3.63, 3.8) is 0 Å². The van der Waals surface area contributed by atoms with E-state index in [1.165, 1.54) is 39.2 Å². The van der Waals surface area contributed by atoms with Gasteiger partial charge in [-0.05, 0) is 31.3 Å². The Labute approximate surface area is 205 Å². The normalized spacial score (nSPS) is 16.0. The van der Waals surface area contributed by atoms with E-state index in [0.29, 0.717) is 19.1 Å². The van der Waals surface area contributed by atoms with Crippen LogP contribution in [0.25, 0.3) is 0 Å². The number of rotatable bonds is 18.